The summed E-state index contributed by atoms with van der Waals surface area (Å²) in [5.74, 6) is -0.152. The van der Waals surface area contributed by atoms with Crippen molar-refractivity contribution in [3.8, 4) is 0 Å². The maximum atomic E-state index is 13.2. The summed E-state index contributed by atoms with van der Waals surface area (Å²) >= 11 is 0. The lowest BCUT2D eigenvalue weighted by molar-refractivity contribution is 0.333. The molecule has 2 heteroatoms. The van der Waals surface area contributed by atoms with Crippen molar-refractivity contribution in [3.63, 3.8) is 0 Å². The minimum Gasteiger partial charge on any atom is -0.310 e. The van der Waals surface area contributed by atoms with Gasteiger partial charge in [0, 0.05) is 6.04 Å². The SMILES string of the molecule is CCNC(CCC(C)(C)C)c1cccc(F)c1. The second-order valence-electron chi connectivity index (χ2n) is 5.76. The van der Waals surface area contributed by atoms with E-state index < -0.39 is 0 Å². The van der Waals surface area contributed by atoms with E-state index in [2.05, 4.69) is 33.0 Å². The molecule has 1 unspecified atom stereocenters. The molecule has 0 saturated carbocycles. The van der Waals surface area contributed by atoms with Gasteiger partial charge in [-0.1, -0.05) is 39.8 Å². The molecule has 1 aromatic rings. The van der Waals surface area contributed by atoms with Crippen molar-refractivity contribution in [2.45, 2.75) is 46.6 Å². The first-order chi connectivity index (χ1) is 7.92. The maximum Gasteiger partial charge on any atom is 0.123 e. The highest BCUT2D eigenvalue weighted by Crippen LogP contribution is 2.27. The summed E-state index contributed by atoms with van der Waals surface area (Å²) in [5.41, 5.74) is 1.37. The predicted octanol–water partition coefficient (Wildman–Crippen LogP) is 4.30. The Morgan fingerprint density at radius 2 is 2.00 bits per heavy atom. The zero-order valence-electron chi connectivity index (χ0n) is 11.4. The van der Waals surface area contributed by atoms with E-state index in [0.29, 0.717) is 5.41 Å². The van der Waals surface area contributed by atoms with Gasteiger partial charge < -0.3 is 5.32 Å². The van der Waals surface area contributed by atoms with E-state index in [1.165, 1.54) is 6.07 Å². The smallest absolute Gasteiger partial charge is 0.123 e. The van der Waals surface area contributed by atoms with Gasteiger partial charge in [0.25, 0.3) is 0 Å². The largest absolute Gasteiger partial charge is 0.310 e. The molecule has 0 heterocycles. The molecule has 0 spiro atoms. The van der Waals surface area contributed by atoms with Gasteiger partial charge in [-0.15, -0.1) is 0 Å². The second-order valence-corrected chi connectivity index (χ2v) is 5.76. The lowest BCUT2D eigenvalue weighted by atomic mass is 9.87. The van der Waals surface area contributed by atoms with E-state index in [0.717, 1.165) is 24.9 Å². The van der Waals surface area contributed by atoms with Gasteiger partial charge in [-0.2, -0.15) is 0 Å². The molecular formula is C15H24FN. The molecule has 0 aromatic heterocycles. The molecule has 1 rings (SSSR count). The van der Waals surface area contributed by atoms with Crippen LogP contribution in [-0.4, -0.2) is 6.54 Å². The molecule has 1 N–H and O–H groups in total. The Morgan fingerprint density at radius 1 is 1.29 bits per heavy atom. The molecule has 0 aliphatic carbocycles. The normalized spacial score (nSPS) is 13.7. The number of hydrogen-bond donors (Lipinski definition) is 1. The summed E-state index contributed by atoms with van der Waals surface area (Å²) in [5, 5.41) is 3.43. The van der Waals surface area contributed by atoms with Crippen LogP contribution in [0.15, 0.2) is 24.3 Å². The minimum atomic E-state index is -0.152. The van der Waals surface area contributed by atoms with Gasteiger partial charge in [0.2, 0.25) is 0 Å². The standard InChI is InChI=1S/C15H24FN/c1-5-17-14(9-10-15(2,3)4)12-7-6-8-13(16)11-12/h6-8,11,14,17H,5,9-10H2,1-4H3. The van der Waals surface area contributed by atoms with Crippen LogP contribution in [0.1, 0.15) is 52.1 Å². The number of hydrogen-bond acceptors (Lipinski definition) is 1. The first-order valence-corrected chi connectivity index (χ1v) is 6.41. The third-order valence-electron chi connectivity index (χ3n) is 2.88. The number of rotatable bonds is 5. The maximum absolute atomic E-state index is 13.2. The average Bonchev–Trinajstić information content (AvgIpc) is 2.23. The molecule has 0 radical (unpaired) electrons. The summed E-state index contributed by atoms with van der Waals surface area (Å²) in [4.78, 5) is 0. The Labute approximate surface area is 104 Å². The fourth-order valence-corrected chi connectivity index (χ4v) is 1.93. The highest BCUT2D eigenvalue weighted by atomic mass is 19.1. The Bertz CT molecular complexity index is 341. The Morgan fingerprint density at radius 3 is 2.53 bits per heavy atom. The van der Waals surface area contributed by atoms with Gasteiger partial charge in [-0.25, -0.2) is 4.39 Å². The van der Waals surface area contributed by atoms with Crippen molar-refractivity contribution in [1.29, 1.82) is 0 Å². The van der Waals surface area contributed by atoms with Crippen molar-refractivity contribution in [1.82, 2.24) is 5.32 Å². The molecule has 0 amide bonds. The number of nitrogens with one attached hydrogen (secondary N) is 1. The van der Waals surface area contributed by atoms with E-state index in [4.69, 9.17) is 0 Å². The monoisotopic (exact) mass is 237 g/mol. The van der Waals surface area contributed by atoms with Crippen LogP contribution in [0.2, 0.25) is 0 Å². The fraction of sp³-hybridized carbons (Fsp3) is 0.600. The molecule has 1 atom stereocenters. The van der Waals surface area contributed by atoms with E-state index in [1.807, 2.05) is 6.07 Å². The molecule has 0 aliphatic rings. The van der Waals surface area contributed by atoms with Crippen molar-refractivity contribution < 1.29 is 4.39 Å². The lowest BCUT2D eigenvalue weighted by Crippen LogP contribution is -2.22. The van der Waals surface area contributed by atoms with Crippen molar-refractivity contribution in [2.75, 3.05) is 6.54 Å². The Balaban J connectivity index is 2.71. The van der Waals surface area contributed by atoms with Gasteiger partial charge >= 0.3 is 0 Å². The summed E-state index contributed by atoms with van der Waals surface area (Å²) in [6.07, 6.45) is 2.17. The van der Waals surface area contributed by atoms with E-state index in [9.17, 15) is 4.39 Å². The highest BCUT2D eigenvalue weighted by molar-refractivity contribution is 5.20. The quantitative estimate of drug-likeness (QED) is 0.805. The number of benzene rings is 1. The van der Waals surface area contributed by atoms with Crippen LogP contribution < -0.4 is 5.32 Å². The predicted molar refractivity (Wildman–Crippen MR) is 71.5 cm³/mol. The molecule has 1 nitrogen and oxygen atoms in total. The molecule has 0 bridgehead atoms. The number of halogens is 1. The minimum absolute atomic E-state index is 0.152. The zero-order valence-corrected chi connectivity index (χ0v) is 11.4. The first-order valence-electron chi connectivity index (χ1n) is 6.41. The summed E-state index contributed by atoms with van der Waals surface area (Å²) in [7, 11) is 0. The third kappa shape index (κ3) is 5.31. The van der Waals surface area contributed by atoms with Gasteiger partial charge in [0.1, 0.15) is 5.82 Å². The molecule has 0 saturated heterocycles. The van der Waals surface area contributed by atoms with Crippen LogP contribution in [0.25, 0.3) is 0 Å². The average molecular weight is 237 g/mol. The van der Waals surface area contributed by atoms with Crippen molar-refractivity contribution in [3.05, 3.63) is 35.6 Å². The van der Waals surface area contributed by atoms with Crippen LogP contribution in [0.4, 0.5) is 4.39 Å². The van der Waals surface area contributed by atoms with Gasteiger partial charge in [0.15, 0.2) is 0 Å². The van der Waals surface area contributed by atoms with Gasteiger partial charge in [0.05, 0.1) is 0 Å². The van der Waals surface area contributed by atoms with Crippen molar-refractivity contribution >= 4 is 0 Å². The summed E-state index contributed by atoms with van der Waals surface area (Å²) < 4.78 is 13.2. The van der Waals surface area contributed by atoms with Crippen LogP contribution in [0.3, 0.4) is 0 Å². The fourth-order valence-electron chi connectivity index (χ4n) is 1.93. The van der Waals surface area contributed by atoms with E-state index in [1.54, 1.807) is 12.1 Å². The van der Waals surface area contributed by atoms with Crippen LogP contribution in [0.5, 0.6) is 0 Å². The van der Waals surface area contributed by atoms with Crippen LogP contribution in [-0.2, 0) is 0 Å². The zero-order chi connectivity index (χ0) is 12.9. The Kier molecular flexibility index (Phi) is 5.13. The molecule has 17 heavy (non-hydrogen) atoms. The lowest BCUT2D eigenvalue weighted by Gasteiger charge is -2.24. The summed E-state index contributed by atoms with van der Waals surface area (Å²) in [6.45, 7) is 9.71. The molecule has 0 aliphatic heterocycles. The van der Waals surface area contributed by atoms with Crippen molar-refractivity contribution in [2.24, 2.45) is 5.41 Å². The summed E-state index contributed by atoms with van der Waals surface area (Å²) in [6, 6.07) is 7.17. The topological polar surface area (TPSA) is 12.0 Å². The highest BCUT2D eigenvalue weighted by Gasteiger charge is 2.16. The van der Waals surface area contributed by atoms with Crippen LogP contribution >= 0.6 is 0 Å². The first kappa shape index (κ1) is 14.2. The van der Waals surface area contributed by atoms with Crippen LogP contribution in [0, 0.1) is 11.2 Å². The molecule has 1 aromatic carbocycles. The third-order valence-corrected chi connectivity index (χ3v) is 2.88. The van der Waals surface area contributed by atoms with Gasteiger partial charge in [-0.05, 0) is 42.5 Å². The second kappa shape index (κ2) is 6.15. The van der Waals surface area contributed by atoms with E-state index in [-0.39, 0.29) is 11.9 Å². The molecule has 0 fully saturated rings. The van der Waals surface area contributed by atoms with Gasteiger partial charge in [-0.3, -0.25) is 0 Å². The molecule has 96 valence electrons. The molecular weight excluding hydrogens is 213 g/mol. The van der Waals surface area contributed by atoms with E-state index >= 15 is 0 Å². The Hall–Kier alpha value is -0.890.